The van der Waals surface area contributed by atoms with Gasteiger partial charge in [0.1, 0.15) is 0 Å². The Morgan fingerprint density at radius 1 is 1.14 bits per heavy atom. The highest BCUT2D eigenvalue weighted by atomic mass is 32.1. The number of amides is 1. The normalized spacial score (nSPS) is 11.1. The van der Waals surface area contributed by atoms with Crippen molar-refractivity contribution in [3.05, 3.63) is 58.6 Å². The Hall–Kier alpha value is -2.20. The van der Waals surface area contributed by atoms with Gasteiger partial charge in [-0.25, -0.2) is 4.98 Å². The van der Waals surface area contributed by atoms with Gasteiger partial charge in [-0.3, -0.25) is 4.79 Å². The molecule has 0 radical (unpaired) electrons. The summed E-state index contributed by atoms with van der Waals surface area (Å²) in [6, 6.07) is 13.4. The molecule has 0 bridgehead atoms. The van der Waals surface area contributed by atoms with Gasteiger partial charge in [0.05, 0.1) is 15.2 Å². The zero-order chi connectivity index (χ0) is 15.7. The lowest BCUT2D eigenvalue weighted by Gasteiger charge is -2.05. The van der Waals surface area contributed by atoms with Gasteiger partial charge in [-0.15, -0.1) is 11.3 Å². The number of nitrogens with zero attached hydrogens (tertiary/aromatic N) is 1. The molecule has 0 aliphatic carbocycles. The number of benzene rings is 2. The quantitative estimate of drug-likeness (QED) is 0.741. The highest BCUT2D eigenvalue weighted by molar-refractivity contribution is 7.18. The lowest BCUT2D eigenvalue weighted by molar-refractivity contribution is 0.102. The number of aromatic nitrogens is 1. The van der Waals surface area contributed by atoms with Crippen LogP contribution in [0.4, 0.5) is 5.69 Å². The predicted octanol–water partition coefficient (Wildman–Crippen LogP) is 4.98. The highest BCUT2D eigenvalue weighted by Crippen LogP contribution is 2.29. The van der Waals surface area contributed by atoms with E-state index in [1.807, 2.05) is 49.4 Å². The topological polar surface area (TPSA) is 42.0 Å². The van der Waals surface area contributed by atoms with Gasteiger partial charge in [0, 0.05) is 17.2 Å². The molecule has 1 heterocycles. The summed E-state index contributed by atoms with van der Waals surface area (Å²) in [7, 11) is 0. The molecule has 0 saturated carbocycles. The van der Waals surface area contributed by atoms with E-state index in [1.54, 1.807) is 11.3 Å². The number of fused-ring (bicyclic) bond motifs is 1. The molecule has 2 aromatic carbocycles. The van der Waals surface area contributed by atoms with Gasteiger partial charge < -0.3 is 5.32 Å². The van der Waals surface area contributed by atoms with E-state index < -0.39 is 0 Å². The third-order valence-electron chi connectivity index (χ3n) is 3.47. The SMILES string of the molecule is Cc1ccc(C(=O)Nc2ccc3nc(C(C)C)sc3c2)cc1. The Morgan fingerprint density at radius 2 is 1.86 bits per heavy atom. The number of anilines is 1. The molecule has 3 nitrogen and oxygen atoms in total. The van der Waals surface area contributed by atoms with Crippen molar-refractivity contribution in [3.8, 4) is 0 Å². The van der Waals surface area contributed by atoms with Crippen LogP contribution in [0.3, 0.4) is 0 Å². The Bertz CT molecular complexity index is 819. The standard InChI is InChI=1S/C18H18N2OS/c1-11(2)18-20-15-9-8-14(10-16(15)22-18)19-17(21)13-6-4-12(3)5-7-13/h4-11H,1-3H3,(H,19,21). The van der Waals surface area contributed by atoms with Crippen molar-refractivity contribution in [3.63, 3.8) is 0 Å². The van der Waals surface area contributed by atoms with Crippen LogP contribution in [0.15, 0.2) is 42.5 Å². The number of nitrogens with one attached hydrogen (secondary N) is 1. The van der Waals surface area contributed by atoms with Crippen molar-refractivity contribution < 1.29 is 4.79 Å². The van der Waals surface area contributed by atoms with Gasteiger partial charge >= 0.3 is 0 Å². The van der Waals surface area contributed by atoms with Crippen molar-refractivity contribution in [1.82, 2.24) is 4.98 Å². The average molecular weight is 310 g/mol. The second-order valence-corrected chi connectivity index (χ2v) is 6.77. The number of carbonyl (C=O) groups excluding carboxylic acids is 1. The fourth-order valence-corrected chi connectivity index (χ4v) is 3.18. The Labute approximate surface area is 134 Å². The van der Waals surface area contributed by atoms with Crippen molar-refractivity contribution in [2.75, 3.05) is 5.32 Å². The fraction of sp³-hybridized carbons (Fsp3) is 0.222. The summed E-state index contributed by atoms with van der Waals surface area (Å²) in [5, 5.41) is 4.07. The molecule has 0 saturated heterocycles. The van der Waals surface area contributed by atoms with Crippen molar-refractivity contribution in [2.45, 2.75) is 26.7 Å². The first-order valence-electron chi connectivity index (χ1n) is 7.31. The first kappa shape index (κ1) is 14.7. The minimum absolute atomic E-state index is 0.0899. The molecule has 0 atom stereocenters. The van der Waals surface area contributed by atoms with Crippen molar-refractivity contribution in [1.29, 1.82) is 0 Å². The average Bonchev–Trinajstić information content (AvgIpc) is 2.91. The molecule has 3 aromatic rings. The van der Waals surface area contributed by atoms with Gasteiger partial charge in [0.2, 0.25) is 0 Å². The predicted molar refractivity (Wildman–Crippen MR) is 92.8 cm³/mol. The first-order valence-corrected chi connectivity index (χ1v) is 8.13. The number of rotatable bonds is 3. The van der Waals surface area contributed by atoms with Crippen molar-refractivity contribution >= 4 is 33.1 Å². The van der Waals surface area contributed by atoms with Gasteiger partial charge in [0.25, 0.3) is 5.91 Å². The van der Waals surface area contributed by atoms with E-state index >= 15 is 0 Å². The van der Waals surface area contributed by atoms with Gasteiger partial charge in [0.15, 0.2) is 0 Å². The van der Waals surface area contributed by atoms with Gasteiger partial charge in [-0.1, -0.05) is 31.5 Å². The highest BCUT2D eigenvalue weighted by Gasteiger charge is 2.10. The molecule has 1 N–H and O–H groups in total. The summed E-state index contributed by atoms with van der Waals surface area (Å²) in [5.74, 6) is 0.330. The number of hydrogen-bond donors (Lipinski definition) is 1. The van der Waals surface area contributed by atoms with Crippen LogP contribution in [0.5, 0.6) is 0 Å². The summed E-state index contributed by atoms with van der Waals surface area (Å²) in [4.78, 5) is 16.9. The van der Waals surface area contributed by atoms with Gasteiger partial charge in [-0.2, -0.15) is 0 Å². The van der Waals surface area contributed by atoms with Crippen LogP contribution in [0.1, 0.15) is 40.7 Å². The van der Waals surface area contributed by atoms with E-state index in [9.17, 15) is 4.79 Å². The Morgan fingerprint density at radius 3 is 2.55 bits per heavy atom. The van der Waals surface area contributed by atoms with Crippen LogP contribution in [0.2, 0.25) is 0 Å². The van der Waals surface area contributed by atoms with Crippen LogP contribution >= 0.6 is 11.3 Å². The summed E-state index contributed by atoms with van der Waals surface area (Å²) in [6.45, 7) is 6.28. The maximum Gasteiger partial charge on any atom is 0.255 e. The van der Waals surface area contributed by atoms with Crippen molar-refractivity contribution in [2.24, 2.45) is 0 Å². The van der Waals surface area contributed by atoms with E-state index in [0.717, 1.165) is 26.5 Å². The Balaban J connectivity index is 1.84. The summed E-state index contributed by atoms with van der Waals surface area (Å²) >= 11 is 1.68. The largest absolute Gasteiger partial charge is 0.322 e. The van der Waals surface area contributed by atoms with E-state index in [4.69, 9.17) is 0 Å². The number of carbonyl (C=O) groups is 1. The molecule has 1 aromatic heterocycles. The van der Waals surface area contributed by atoms with Crippen LogP contribution in [-0.2, 0) is 0 Å². The van der Waals surface area contributed by atoms with E-state index in [2.05, 4.69) is 24.1 Å². The lowest BCUT2D eigenvalue weighted by atomic mass is 10.1. The van der Waals surface area contributed by atoms with Crippen LogP contribution in [-0.4, -0.2) is 10.9 Å². The third-order valence-corrected chi connectivity index (χ3v) is 4.79. The van der Waals surface area contributed by atoms with E-state index in [1.165, 1.54) is 0 Å². The third kappa shape index (κ3) is 3.02. The molecule has 4 heteroatoms. The van der Waals surface area contributed by atoms with Crippen LogP contribution in [0.25, 0.3) is 10.2 Å². The summed E-state index contributed by atoms with van der Waals surface area (Å²) < 4.78 is 1.10. The number of aryl methyl sites for hydroxylation is 1. The molecule has 112 valence electrons. The summed E-state index contributed by atoms with van der Waals surface area (Å²) in [5.41, 5.74) is 3.60. The molecule has 22 heavy (non-hydrogen) atoms. The Kier molecular flexibility index (Phi) is 3.94. The zero-order valence-corrected chi connectivity index (χ0v) is 13.7. The minimum atomic E-state index is -0.0899. The maximum absolute atomic E-state index is 12.3. The van der Waals surface area contributed by atoms with E-state index in [-0.39, 0.29) is 5.91 Å². The van der Waals surface area contributed by atoms with Crippen LogP contribution in [0, 0.1) is 6.92 Å². The molecule has 0 spiro atoms. The fourth-order valence-electron chi connectivity index (χ4n) is 2.18. The van der Waals surface area contributed by atoms with E-state index in [0.29, 0.717) is 11.5 Å². The maximum atomic E-state index is 12.3. The molecule has 0 aliphatic rings. The number of hydrogen-bond acceptors (Lipinski definition) is 3. The first-order chi connectivity index (χ1) is 10.5. The second-order valence-electron chi connectivity index (χ2n) is 5.71. The smallest absolute Gasteiger partial charge is 0.255 e. The molecular weight excluding hydrogens is 292 g/mol. The lowest BCUT2D eigenvalue weighted by Crippen LogP contribution is -2.11. The minimum Gasteiger partial charge on any atom is -0.322 e. The molecule has 3 rings (SSSR count). The summed E-state index contributed by atoms with van der Waals surface area (Å²) in [6.07, 6.45) is 0. The van der Waals surface area contributed by atoms with Crippen LogP contribution < -0.4 is 5.32 Å². The molecule has 0 aliphatic heterocycles. The zero-order valence-electron chi connectivity index (χ0n) is 12.9. The number of thiazole rings is 1. The molecule has 0 unspecified atom stereocenters. The second kappa shape index (κ2) is 5.89. The molecule has 0 fully saturated rings. The molecule has 1 amide bonds. The molecular formula is C18H18N2OS. The van der Waals surface area contributed by atoms with Gasteiger partial charge in [-0.05, 0) is 37.3 Å². The monoisotopic (exact) mass is 310 g/mol.